The van der Waals surface area contributed by atoms with Crippen molar-refractivity contribution in [3.63, 3.8) is 0 Å². The molecular formula is C8H7F3N4S. The molecule has 16 heavy (non-hydrogen) atoms. The summed E-state index contributed by atoms with van der Waals surface area (Å²) in [5.74, 6) is 0. The second kappa shape index (κ2) is 3.78. The summed E-state index contributed by atoms with van der Waals surface area (Å²) in [7, 11) is 0. The Morgan fingerprint density at radius 3 is 2.75 bits per heavy atom. The number of hydrogen-bond donors (Lipinski definition) is 1. The molecule has 0 aliphatic heterocycles. The Bertz CT molecular complexity index is 474. The highest BCUT2D eigenvalue weighted by atomic mass is 32.1. The van der Waals surface area contributed by atoms with Crippen LogP contribution in [-0.4, -0.2) is 20.9 Å². The SMILES string of the molecule is Nc1cnn(-c2nccs2)c1CC(F)(F)F. The quantitative estimate of drug-likeness (QED) is 0.884. The van der Waals surface area contributed by atoms with Gasteiger partial charge in [0, 0.05) is 11.6 Å². The number of halogens is 3. The number of nitrogens with zero attached hydrogens (tertiary/aromatic N) is 3. The molecule has 0 aromatic carbocycles. The molecule has 2 aromatic heterocycles. The Kier molecular flexibility index (Phi) is 2.58. The molecule has 0 saturated carbocycles. The third kappa shape index (κ3) is 2.16. The predicted molar refractivity (Wildman–Crippen MR) is 53.4 cm³/mol. The lowest BCUT2D eigenvalue weighted by atomic mass is 10.3. The molecule has 0 aliphatic rings. The number of nitrogens with two attached hydrogens (primary N) is 1. The van der Waals surface area contributed by atoms with Crippen molar-refractivity contribution >= 4 is 17.0 Å². The maximum atomic E-state index is 12.3. The number of nitrogen functional groups attached to an aromatic ring is 1. The number of thiazole rings is 1. The summed E-state index contributed by atoms with van der Waals surface area (Å²) in [4.78, 5) is 3.89. The van der Waals surface area contributed by atoms with Crippen LogP contribution < -0.4 is 5.73 Å². The Labute approximate surface area is 92.5 Å². The van der Waals surface area contributed by atoms with Crippen LogP contribution in [0.4, 0.5) is 18.9 Å². The minimum atomic E-state index is -4.32. The van der Waals surface area contributed by atoms with E-state index >= 15 is 0 Å². The van der Waals surface area contributed by atoms with Gasteiger partial charge in [-0.3, -0.25) is 0 Å². The fraction of sp³-hybridized carbons (Fsp3) is 0.250. The Morgan fingerprint density at radius 1 is 1.44 bits per heavy atom. The van der Waals surface area contributed by atoms with E-state index in [0.29, 0.717) is 5.13 Å². The van der Waals surface area contributed by atoms with Gasteiger partial charge < -0.3 is 5.73 Å². The van der Waals surface area contributed by atoms with Gasteiger partial charge in [-0.05, 0) is 0 Å². The number of hydrogen-bond acceptors (Lipinski definition) is 4. The van der Waals surface area contributed by atoms with Crippen LogP contribution in [0.1, 0.15) is 5.69 Å². The van der Waals surface area contributed by atoms with Crippen LogP contribution in [0.15, 0.2) is 17.8 Å². The normalized spacial score (nSPS) is 11.9. The second-order valence-electron chi connectivity index (χ2n) is 3.07. The first-order valence-electron chi connectivity index (χ1n) is 4.26. The predicted octanol–water partition coefficient (Wildman–Crippen LogP) is 2.02. The van der Waals surface area contributed by atoms with Gasteiger partial charge in [-0.15, -0.1) is 11.3 Å². The van der Waals surface area contributed by atoms with Gasteiger partial charge in [-0.2, -0.15) is 18.3 Å². The van der Waals surface area contributed by atoms with Crippen molar-refractivity contribution < 1.29 is 13.2 Å². The van der Waals surface area contributed by atoms with Gasteiger partial charge in [0.2, 0.25) is 5.13 Å². The highest BCUT2D eigenvalue weighted by Crippen LogP contribution is 2.26. The van der Waals surface area contributed by atoms with Crippen LogP contribution in [0, 0.1) is 0 Å². The number of rotatable bonds is 2. The summed E-state index contributed by atoms with van der Waals surface area (Å²) in [5, 5.41) is 5.81. The van der Waals surface area contributed by atoms with Crippen molar-refractivity contribution in [3.8, 4) is 5.13 Å². The number of aromatic nitrogens is 3. The third-order valence-electron chi connectivity index (χ3n) is 1.87. The summed E-state index contributed by atoms with van der Waals surface area (Å²) >= 11 is 1.20. The highest BCUT2D eigenvalue weighted by Gasteiger charge is 2.31. The Balaban J connectivity index is 2.41. The lowest BCUT2D eigenvalue weighted by Gasteiger charge is -2.08. The Morgan fingerprint density at radius 2 is 2.19 bits per heavy atom. The van der Waals surface area contributed by atoms with E-state index in [1.54, 1.807) is 5.38 Å². The van der Waals surface area contributed by atoms with Gasteiger partial charge in [-0.25, -0.2) is 9.67 Å². The first kappa shape index (κ1) is 10.9. The van der Waals surface area contributed by atoms with Gasteiger partial charge in [0.05, 0.1) is 24.0 Å². The zero-order valence-electron chi connectivity index (χ0n) is 7.90. The molecule has 0 saturated heterocycles. The van der Waals surface area contributed by atoms with E-state index in [4.69, 9.17) is 5.73 Å². The molecule has 2 heterocycles. The molecule has 0 spiro atoms. The summed E-state index contributed by atoms with van der Waals surface area (Å²) in [6.07, 6.45) is -2.74. The molecule has 2 aromatic rings. The number of anilines is 1. The summed E-state index contributed by atoms with van der Waals surface area (Å²) in [6.45, 7) is 0. The van der Waals surface area contributed by atoms with Crippen molar-refractivity contribution in [3.05, 3.63) is 23.5 Å². The highest BCUT2D eigenvalue weighted by molar-refractivity contribution is 7.12. The molecule has 2 rings (SSSR count). The van der Waals surface area contributed by atoms with Crippen molar-refractivity contribution in [2.24, 2.45) is 0 Å². The Hall–Kier alpha value is -1.57. The summed E-state index contributed by atoms with van der Waals surface area (Å²) in [6, 6.07) is 0. The zero-order chi connectivity index (χ0) is 11.8. The van der Waals surface area contributed by atoms with E-state index in [1.807, 2.05) is 0 Å². The average molecular weight is 248 g/mol. The molecule has 2 N–H and O–H groups in total. The first-order valence-corrected chi connectivity index (χ1v) is 5.14. The molecule has 86 valence electrons. The fourth-order valence-corrected chi connectivity index (χ4v) is 1.86. The van der Waals surface area contributed by atoms with Crippen molar-refractivity contribution in [1.82, 2.24) is 14.8 Å². The molecule has 0 radical (unpaired) electrons. The molecule has 0 bridgehead atoms. The zero-order valence-corrected chi connectivity index (χ0v) is 8.72. The monoisotopic (exact) mass is 248 g/mol. The molecule has 8 heteroatoms. The van der Waals surface area contributed by atoms with E-state index in [2.05, 4.69) is 10.1 Å². The van der Waals surface area contributed by atoms with Gasteiger partial charge in [0.25, 0.3) is 0 Å². The molecule has 0 unspecified atom stereocenters. The molecule has 0 amide bonds. The third-order valence-corrected chi connectivity index (χ3v) is 2.62. The van der Waals surface area contributed by atoms with Gasteiger partial charge >= 0.3 is 6.18 Å². The summed E-state index contributed by atoms with van der Waals surface area (Å²) < 4.78 is 38.0. The number of alkyl halides is 3. The van der Waals surface area contributed by atoms with Gasteiger partial charge in [0.15, 0.2) is 0 Å². The maximum absolute atomic E-state index is 12.3. The van der Waals surface area contributed by atoms with Crippen molar-refractivity contribution in [1.29, 1.82) is 0 Å². The van der Waals surface area contributed by atoms with Crippen LogP contribution in [0.5, 0.6) is 0 Å². The summed E-state index contributed by atoms with van der Waals surface area (Å²) in [5.41, 5.74) is 5.39. The molecule has 4 nitrogen and oxygen atoms in total. The van der Waals surface area contributed by atoms with E-state index in [-0.39, 0.29) is 11.4 Å². The lowest BCUT2D eigenvalue weighted by Crippen LogP contribution is -2.16. The minimum absolute atomic E-state index is 0.0209. The van der Waals surface area contributed by atoms with Gasteiger partial charge in [0.1, 0.15) is 0 Å². The first-order chi connectivity index (χ1) is 7.47. The van der Waals surface area contributed by atoms with E-state index in [9.17, 15) is 13.2 Å². The average Bonchev–Trinajstić information content (AvgIpc) is 2.75. The largest absolute Gasteiger partial charge is 0.396 e. The van der Waals surface area contributed by atoms with E-state index in [1.165, 1.54) is 23.7 Å². The lowest BCUT2D eigenvalue weighted by molar-refractivity contribution is -0.128. The molecule has 0 aliphatic carbocycles. The minimum Gasteiger partial charge on any atom is -0.396 e. The van der Waals surface area contributed by atoms with Crippen LogP contribution >= 0.6 is 11.3 Å². The molecular weight excluding hydrogens is 241 g/mol. The van der Waals surface area contributed by atoms with Gasteiger partial charge in [-0.1, -0.05) is 0 Å². The van der Waals surface area contributed by atoms with Crippen LogP contribution in [0.2, 0.25) is 0 Å². The maximum Gasteiger partial charge on any atom is 0.394 e. The standard InChI is InChI=1S/C8H7F3N4S/c9-8(10,11)3-6-5(12)4-14-15(6)7-13-1-2-16-7/h1-2,4H,3,12H2. The van der Waals surface area contributed by atoms with Crippen LogP contribution in [-0.2, 0) is 6.42 Å². The smallest absolute Gasteiger partial charge is 0.394 e. The van der Waals surface area contributed by atoms with E-state index in [0.717, 1.165) is 4.68 Å². The molecule has 0 atom stereocenters. The van der Waals surface area contributed by atoms with Crippen molar-refractivity contribution in [2.45, 2.75) is 12.6 Å². The van der Waals surface area contributed by atoms with Crippen LogP contribution in [0.3, 0.4) is 0 Å². The second-order valence-corrected chi connectivity index (χ2v) is 3.94. The van der Waals surface area contributed by atoms with Crippen molar-refractivity contribution in [2.75, 3.05) is 5.73 Å². The molecule has 0 fully saturated rings. The fourth-order valence-electron chi connectivity index (χ4n) is 1.24. The van der Waals surface area contributed by atoms with E-state index < -0.39 is 12.6 Å². The van der Waals surface area contributed by atoms with Crippen LogP contribution in [0.25, 0.3) is 5.13 Å². The topological polar surface area (TPSA) is 56.7 Å².